The molecule has 0 fully saturated rings. The van der Waals surface area contributed by atoms with Gasteiger partial charge in [-0.15, -0.1) is 5.10 Å². The van der Waals surface area contributed by atoms with Gasteiger partial charge in [0.2, 0.25) is 0 Å². The summed E-state index contributed by atoms with van der Waals surface area (Å²) >= 11 is 1.47. The first kappa shape index (κ1) is 12.2. The van der Waals surface area contributed by atoms with E-state index in [0.29, 0.717) is 0 Å². The predicted molar refractivity (Wildman–Crippen MR) is 71.5 cm³/mol. The Hall–Kier alpha value is -1.26. The van der Waals surface area contributed by atoms with Crippen molar-refractivity contribution in [2.24, 2.45) is 0 Å². The molecule has 1 aromatic heterocycles. The molecule has 0 aliphatic carbocycles. The highest BCUT2D eigenvalue weighted by Crippen LogP contribution is 2.29. The maximum absolute atomic E-state index is 4.09. The van der Waals surface area contributed by atoms with E-state index < -0.39 is 0 Å². The molecule has 17 heavy (non-hydrogen) atoms. The Morgan fingerprint density at radius 1 is 1.24 bits per heavy atom. The van der Waals surface area contributed by atoms with Crippen LogP contribution in [-0.2, 0) is 0 Å². The number of hydrogen-bond donors (Lipinski definition) is 1. The molecule has 0 aliphatic heterocycles. The molecule has 0 amide bonds. The zero-order chi connectivity index (χ0) is 12.4. The Morgan fingerprint density at radius 2 is 2.00 bits per heavy atom. The molecule has 2 rings (SSSR count). The summed E-state index contributed by atoms with van der Waals surface area (Å²) in [6, 6.07) is 6.73. The van der Waals surface area contributed by atoms with Crippen LogP contribution in [0.25, 0.3) is 0 Å². The van der Waals surface area contributed by atoms with Crippen molar-refractivity contribution in [3.8, 4) is 0 Å². The predicted octanol–water partition coefficient (Wildman–Crippen LogP) is 2.77. The lowest BCUT2D eigenvalue weighted by Crippen LogP contribution is -2.18. The quantitative estimate of drug-likeness (QED) is 0.906. The smallest absolute Gasteiger partial charge is 0.0776 e. The maximum Gasteiger partial charge on any atom is 0.0776 e. The van der Waals surface area contributed by atoms with E-state index in [0.717, 1.165) is 5.69 Å². The third kappa shape index (κ3) is 2.37. The van der Waals surface area contributed by atoms with Crippen LogP contribution in [0.2, 0.25) is 0 Å². The van der Waals surface area contributed by atoms with Crippen molar-refractivity contribution in [3.63, 3.8) is 0 Å². The summed E-state index contributed by atoms with van der Waals surface area (Å²) in [7, 11) is 1.98. The van der Waals surface area contributed by atoms with Crippen molar-refractivity contribution in [2.45, 2.75) is 26.8 Å². The van der Waals surface area contributed by atoms with E-state index in [1.165, 1.54) is 33.1 Å². The Balaban J connectivity index is 2.49. The first-order valence-corrected chi connectivity index (χ1v) is 6.44. The lowest BCUT2D eigenvalue weighted by Gasteiger charge is -2.18. The second-order valence-corrected chi connectivity index (χ2v) is 5.09. The summed E-state index contributed by atoms with van der Waals surface area (Å²) in [5, 5.41) is 7.45. The van der Waals surface area contributed by atoms with E-state index >= 15 is 0 Å². The van der Waals surface area contributed by atoms with Gasteiger partial charge in [-0.25, -0.2) is 0 Å². The lowest BCUT2D eigenvalue weighted by atomic mass is 9.97. The molecule has 0 spiro atoms. The fourth-order valence-corrected chi connectivity index (χ4v) is 2.78. The summed E-state index contributed by atoms with van der Waals surface area (Å²) < 4.78 is 4.02. The zero-order valence-electron chi connectivity index (χ0n) is 10.6. The molecule has 1 aromatic carbocycles. The molecular weight excluding hydrogens is 230 g/mol. The van der Waals surface area contributed by atoms with Crippen molar-refractivity contribution in [3.05, 3.63) is 45.5 Å². The number of rotatable bonds is 3. The molecule has 0 aliphatic rings. The van der Waals surface area contributed by atoms with Gasteiger partial charge in [-0.05, 0) is 50.5 Å². The fourth-order valence-electron chi connectivity index (χ4n) is 2.00. The minimum Gasteiger partial charge on any atom is -0.309 e. The number of nitrogens with one attached hydrogen (secondary N) is 1. The summed E-state index contributed by atoms with van der Waals surface area (Å²) in [6.07, 6.45) is 0. The van der Waals surface area contributed by atoms with Crippen molar-refractivity contribution in [2.75, 3.05) is 7.05 Å². The Labute approximate surface area is 106 Å². The van der Waals surface area contributed by atoms with E-state index in [-0.39, 0.29) is 6.04 Å². The molecule has 1 atom stereocenters. The highest BCUT2D eigenvalue weighted by molar-refractivity contribution is 7.05. The largest absolute Gasteiger partial charge is 0.309 e. The molecule has 0 saturated carbocycles. The second kappa shape index (κ2) is 4.94. The molecule has 90 valence electrons. The van der Waals surface area contributed by atoms with Gasteiger partial charge >= 0.3 is 0 Å². The van der Waals surface area contributed by atoms with Gasteiger partial charge in [0.1, 0.15) is 0 Å². The van der Waals surface area contributed by atoms with Gasteiger partial charge in [0.25, 0.3) is 0 Å². The van der Waals surface area contributed by atoms with Crippen LogP contribution in [0, 0.1) is 20.8 Å². The van der Waals surface area contributed by atoms with E-state index in [4.69, 9.17) is 0 Å². The molecule has 1 unspecified atom stereocenters. The van der Waals surface area contributed by atoms with Gasteiger partial charge in [-0.2, -0.15) is 0 Å². The SMILES string of the molecule is CNC(c1cc(C)ccc1C)c1snnc1C. The van der Waals surface area contributed by atoms with Crippen LogP contribution in [0.5, 0.6) is 0 Å². The monoisotopic (exact) mass is 247 g/mol. The molecule has 3 nitrogen and oxygen atoms in total. The molecule has 1 N–H and O–H groups in total. The van der Waals surface area contributed by atoms with Gasteiger partial charge in [-0.1, -0.05) is 28.3 Å². The number of nitrogens with zero attached hydrogens (tertiary/aromatic N) is 2. The fraction of sp³-hybridized carbons (Fsp3) is 0.385. The maximum atomic E-state index is 4.09. The molecular formula is C13H17N3S. The Bertz CT molecular complexity index is 519. The standard InChI is InChI=1S/C13H17N3S/c1-8-5-6-9(2)11(7-8)12(14-4)13-10(3)15-16-17-13/h5-7,12,14H,1-4H3. The topological polar surface area (TPSA) is 37.8 Å². The normalized spacial score (nSPS) is 12.7. The van der Waals surface area contributed by atoms with Gasteiger partial charge in [-0.3, -0.25) is 0 Å². The highest BCUT2D eigenvalue weighted by Gasteiger charge is 2.19. The minimum atomic E-state index is 0.190. The van der Waals surface area contributed by atoms with Crippen molar-refractivity contribution < 1.29 is 0 Å². The number of benzene rings is 1. The number of aromatic nitrogens is 2. The second-order valence-electron chi connectivity index (χ2n) is 4.30. The van der Waals surface area contributed by atoms with Crippen LogP contribution in [0.4, 0.5) is 0 Å². The highest BCUT2D eigenvalue weighted by atomic mass is 32.1. The first-order chi connectivity index (χ1) is 8.13. The van der Waals surface area contributed by atoms with Crippen molar-refractivity contribution in [1.29, 1.82) is 0 Å². The molecule has 2 aromatic rings. The number of aryl methyl sites for hydroxylation is 3. The minimum absolute atomic E-state index is 0.190. The third-order valence-electron chi connectivity index (χ3n) is 2.98. The van der Waals surface area contributed by atoms with Gasteiger partial charge in [0.15, 0.2) is 0 Å². The van der Waals surface area contributed by atoms with Crippen LogP contribution in [0.15, 0.2) is 18.2 Å². The molecule has 4 heteroatoms. The van der Waals surface area contributed by atoms with E-state index in [9.17, 15) is 0 Å². The van der Waals surface area contributed by atoms with Crippen LogP contribution < -0.4 is 5.32 Å². The van der Waals surface area contributed by atoms with Crippen LogP contribution in [-0.4, -0.2) is 16.6 Å². The molecule has 0 bridgehead atoms. The first-order valence-electron chi connectivity index (χ1n) is 5.66. The Kier molecular flexibility index (Phi) is 3.54. The lowest BCUT2D eigenvalue weighted by molar-refractivity contribution is 0.692. The average Bonchev–Trinajstić information content (AvgIpc) is 2.71. The van der Waals surface area contributed by atoms with E-state index in [1.54, 1.807) is 0 Å². The molecule has 0 radical (unpaired) electrons. The van der Waals surface area contributed by atoms with Crippen LogP contribution >= 0.6 is 11.5 Å². The summed E-state index contributed by atoms with van der Waals surface area (Å²) in [4.78, 5) is 1.20. The average molecular weight is 247 g/mol. The number of hydrogen-bond acceptors (Lipinski definition) is 4. The van der Waals surface area contributed by atoms with Crippen molar-refractivity contribution >= 4 is 11.5 Å². The molecule has 0 saturated heterocycles. The van der Waals surface area contributed by atoms with E-state index in [2.05, 4.69) is 47.0 Å². The zero-order valence-corrected chi connectivity index (χ0v) is 11.4. The van der Waals surface area contributed by atoms with E-state index in [1.807, 2.05) is 14.0 Å². The Morgan fingerprint density at radius 3 is 2.59 bits per heavy atom. The molecule has 1 heterocycles. The van der Waals surface area contributed by atoms with Gasteiger partial charge in [0.05, 0.1) is 16.6 Å². The third-order valence-corrected chi connectivity index (χ3v) is 3.87. The van der Waals surface area contributed by atoms with Crippen LogP contribution in [0.1, 0.15) is 33.3 Å². The summed E-state index contributed by atoms with van der Waals surface area (Å²) in [6.45, 7) is 6.27. The summed E-state index contributed by atoms with van der Waals surface area (Å²) in [5.74, 6) is 0. The summed E-state index contributed by atoms with van der Waals surface area (Å²) in [5.41, 5.74) is 4.89. The van der Waals surface area contributed by atoms with Gasteiger partial charge < -0.3 is 5.32 Å². The van der Waals surface area contributed by atoms with Gasteiger partial charge in [0, 0.05) is 0 Å². The van der Waals surface area contributed by atoms with Crippen molar-refractivity contribution in [1.82, 2.24) is 14.9 Å². The van der Waals surface area contributed by atoms with Crippen LogP contribution in [0.3, 0.4) is 0 Å².